The molecule has 1 rings (SSSR count). The van der Waals surface area contributed by atoms with Gasteiger partial charge in [0.15, 0.2) is 0 Å². The van der Waals surface area contributed by atoms with Crippen molar-refractivity contribution in [1.29, 1.82) is 0 Å². The Bertz CT molecular complexity index is 308. The summed E-state index contributed by atoms with van der Waals surface area (Å²) in [5, 5.41) is 0. The molecule has 0 atom stereocenters. The van der Waals surface area contributed by atoms with Gasteiger partial charge in [0.2, 0.25) is 0 Å². The van der Waals surface area contributed by atoms with Crippen LogP contribution in [0.4, 0.5) is 0 Å². The first-order chi connectivity index (χ1) is 6.70. The van der Waals surface area contributed by atoms with Crippen LogP contribution in [0, 0.1) is 0 Å². The Morgan fingerprint density at radius 2 is 2.14 bits per heavy atom. The lowest BCUT2D eigenvalue weighted by atomic mass is 10.3. The van der Waals surface area contributed by atoms with Crippen LogP contribution in [0.2, 0.25) is 0 Å². The average Bonchev–Trinajstić information content (AvgIpc) is 2.27. The molecule has 0 saturated carbocycles. The molecular weight excluding hydrogens is 205 g/mol. The van der Waals surface area contributed by atoms with Gasteiger partial charge in [-0.1, -0.05) is 6.07 Å². The lowest BCUT2D eigenvalue weighted by molar-refractivity contribution is 0.145. The minimum absolute atomic E-state index is 0.146. The molecule has 0 unspecified atom stereocenters. The molecule has 0 aliphatic carbocycles. The van der Waals surface area contributed by atoms with Crippen molar-refractivity contribution in [2.75, 3.05) is 14.2 Å². The zero-order valence-electron chi connectivity index (χ0n) is 8.04. The number of rotatable bonds is 5. The second-order valence-corrected chi connectivity index (χ2v) is 4.33. The standard InChI is InChI=1S/C8H12NO4P/c1-11-14(10,12-2)13-7-8-4-3-5-9-6-8/h3-6H,7H2,1-2H3. The van der Waals surface area contributed by atoms with Gasteiger partial charge in [0, 0.05) is 26.6 Å². The number of phosphoric ester groups is 1. The molecule has 78 valence electrons. The van der Waals surface area contributed by atoms with Crippen molar-refractivity contribution >= 4 is 7.82 Å². The van der Waals surface area contributed by atoms with Crippen molar-refractivity contribution in [3.8, 4) is 0 Å². The molecular formula is C8H12NO4P. The summed E-state index contributed by atoms with van der Waals surface area (Å²) >= 11 is 0. The summed E-state index contributed by atoms with van der Waals surface area (Å²) in [4.78, 5) is 3.89. The van der Waals surface area contributed by atoms with Gasteiger partial charge in [-0.2, -0.15) is 0 Å². The van der Waals surface area contributed by atoms with E-state index < -0.39 is 7.82 Å². The second-order valence-electron chi connectivity index (χ2n) is 2.45. The highest BCUT2D eigenvalue weighted by Crippen LogP contribution is 2.48. The number of phosphoric acid groups is 1. The summed E-state index contributed by atoms with van der Waals surface area (Å²) in [5.41, 5.74) is 0.807. The lowest BCUT2D eigenvalue weighted by Gasteiger charge is -2.12. The van der Waals surface area contributed by atoms with Crippen LogP contribution in [0.1, 0.15) is 5.56 Å². The van der Waals surface area contributed by atoms with Crippen LogP contribution in [-0.4, -0.2) is 19.2 Å². The Kier molecular flexibility index (Phi) is 4.22. The summed E-state index contributed by atoms with van der Waals surface area (Å²) in [5.74, 6) is 0. The Morgan fingerprint density at radius 3 is 2.64 bits per heavy atom. The van der Waals surface area contributed by atoms with E-state index in [9.17, 15) is 4.57 Å². The predicted molar refractivity (Wildman–Crippen MR) is 50.7 cm³/mol. The van der Waals surface area contributed by atoms with Crippen molar-refractivity contribution in [2.45, 2.75) is 6.61 Å². The Hall–Kier alpha value is -0.740. The van der Waals surface area contributed by atoms with E-state index in [2.05, 4.69) is 14.0 Å². The molecule has 0 bridgehead atoms. The summed E-state index contributed by atoms with van der Waals surface area (Å²) in [6.07, 6.45) is 3.27. The highest BCUT2D eigenvalue weighted by Gasteiger charge is 2.22. The fourth-order valence-electron chi connectivity index (χ4n) is 0.817. The van der Waals surface area contributed by atoms with Gasteiger partial charge in [-0.3, -0.25) is 18.6 Å². The van der Waals surface area contributed by atoms with E-state index in [1.807, 2.05) is 6.07 Å². The van der Waals surface area contributed by atoms with Crippen molar-refractivity contribution in [2.24, 2.45) is 0 Å². The van der Waals surface area contributed by atoms with E-state index in [4.69, 9.17) is 4.52 Å². The molecule has 0 N–H and O–H groups in total. The molecule has 0 radical (unpaired) electrons. The number of hydrogen-bond donors (Lipinski definition) is 0. The molecule has 1 heterocycles. The van der Waals surface area contributed by atoms with Crippen molar-refractivity contribution in [3.63, 3.8) is 0 Å². The second kappa shape index (κ2) is 5.22. The van der Waals surface area contributed by atoms with Crippen LogP contribution in [-0.2, 0) is 24.7 Å². The third-order valence-electron chi connectivity index (χ3n) is 1.56. The van der Waals surface area contributed by atoms with E-state index in [1.165, 1.54) is 14.2 Å². The molecule has 1 aromatic rings. The third-order valence-corrected chi connectivity index (χ3v) is 2.90. The van der Waals surface area contributed by atoms with E-state index in [-0.39, 0.29) is 6.61 Å². The first kappa shape index (κ1) is 11.3. The van der Waals surface area contributed by atoms with Gasteiger partial charge in [0.25, 0.3) is 0 Å². The van der Waals surface area contributed by atoms with Gasteiger partial charge in [-0.15, -0.1) is 0 Å². The Balaban J connectivity index is 2.52. The maximum absolute atomic E-state index is 11.4. The van der Waals surface area contributed by atoms with E-state index in [0.717, 1.165) is 5.56 Å². The van der Waals surface area contributed by atoms with Crippen molar-refractivity contribution < 1.29 is 18.1 Å². The van der Waals surface area contributed by atoms with Crippen LogP contribution in [0.25, 0.3) is 0 Å². The zero-order valence-corrected chi connectivity index (χ0v) is 8.94. The minimum Gasteiger partial charge on any atom is -0.290 e. The first-order valence-electron chi connectivity index (χ1n) is 3.95. The third kappa shape index (κ3) is 3.20. The van der Waals surface area contributed by atoms with E-state index >= 15 is 0 Å². The fourth-order valence-corrected chi connectivity index (χ4v) is 1.48. The summed E-state index contributed by atoms with van der Waals surface area (Å²) < 4.78 is 25.6. The monoisotopic (exact) mass is 217 g/mol. The molecule has 0 aliphatic heterocycles. The smallest absolute Gasteiger partial charge is 0.290 e. The number of hydrogen-bond acceptors (Lipinski definition) is 5. The number of nitrogens with zero attached hydrogens (tertiary/aromatic N) is 1. The fraction of sp³-hybridized carbons (Fsp3) is 0.375. The summed E-state index contributed by atoms with van der Waals surface area (Å²) in [6.45, 7) is 0.146. The minimum atomic E-state index is -3.37. The molecule has 0 fully saturated rings. The van der Waals surface area contributed by atoms with Gasteiger partial charge < -0.3 is 0 Å². The van der Waals surface area contributed by atoms with Gasteiger partial charge in [0.05, 0.1) is 6.61 Å². The molecule has 5 nitrogen and oxygen atoms in total. The van der Waals surface area contributed by atoms with E-state index in [1.54, 1.807) is 18.5 Å². The van der Waals surface area contributed by atoms with Gasteiger partial charge in [-0.05, 0) is 11.6 Å². The van der Waals surface area contributed by atoms with Gasteiger partial charge in [0.1, 0.15) is 0 Å². The summed E-state index contributed by atoms with van der Waals surface area (Å²) in [6, 6.07) is 3.58. The molecule has 6 heteroatoms. The van der Waals surface area contributed by atoms with Crippen LogP contribution in [0.15, 0.2) is 24.5 Å². The maximum Gasteiger partial charge on any atom is 0.474 e. The molecule has 0 amide bonds. The SMILES string of the molecule is COP(=O)(OC)OCc1cccnc1. The highest BCUT2D eigenvalue weighted by atomic mass is 31.2. The predicted octanol–water partition coefficient (Wildman–Crippen LogP) is 2.00. The Labute approximate surface area is 82.6 Å². The molecule has 0 aromatic carbocycles. The molecule has 0 spiro atoms. The maximum atomic E-state index is 11.4. The van der Waals surface area contributed by atoms with Crippen LogP contribution in [0.3, 0.4) is 0 Å². The molecule has 0 saturated heterocycles. The number of pyridine rings is 1. The van der Waals surface area contributed by atoms with Crippen molar-refractivity contribution in [1.82, 2.24) is 4.98 Å². The Morgan fingerprint density at radius 1 is 1.43 bits per heavy atom. The molecule has 14 heavy (non-hydrogen) atoms. The topological polar surface area (TPSA) is 57.7 Å². The first-order valence-corrected chi connectivity index (χ1v) is 5.41. The van der Waals surface area contributed by atoms with Crippen LogP contribution >= 0.6 is 7.82 Å². The van der Waals surface area contributed by atoms with E-state index in [0.29, 0.717) is 0 Å². The van der Waals surface area contributed by atoms with Gasteiger partial charge >= 0.3 is 7.82 Å². The zero-order chi connectivity index (χ0) is 10.4. The number of aromatic nitrogens is 1. The summed E-state index contributed by atoms with van der Waals surface area (Å²) in [7, 11) is -0.832. The molecule has 0 aliphatic rings. The largest absolute Gasteiger partial charge is 0.474 e. The average molecular weight is 217 g/mol. The highest BCUT2D eigenvalue weighted by molar-refractivity contribution is 7.48. The normalized spacial score (nSPS) is 11.6. The lowest BCUT2D eigenvalue weighted by Crippen LogP contribution is -1.95. The molecule has 1 aromatic heterocycles. The van der Waals surface area contributed by atoms with Crippen LogP contribution in [0.5, 0.6) is 0 Å². The van der Waals surface area contributed by atoms with Crippen molar-refractivity contribution in [3.05, 3.63) is 30.1 Å². The van der Waals surface area contributed by atoms with Crippen LogP contribution < -0.4 is 0 Å². The quantitative estimate of drug-likeness (QED) is 0.706. The van der Waals surface area contributed by atoms with Gasteiger partial charge in [-0.25, -0.2) is 4.57 Å².